The Morgan fingerprint density at radius 2 is 1.02 bits per heavy atom. The molecule has 1 amide bonds. The van der Waals surface area contributed by atoms with Crippen LogP contribution in [-0.2, 0) is 14.3 Å². The lowest BCUT2D eigenvalue weighted by Gasteiger charge is -2.24. The second-order valence-electron chi connectivity index (χ2n) is 14.6. The number of carbonyl (C=O) groups excluding carboxylic acids is 2. The van der Waals surface area contributed by atoms with E-state index in [1.807, 2.05) is 91.1 Å². The van der Waals surface area contributed by atoms with Crippen LogP contribution < -0.4 is 5.32 Å². The summed E-state index contributed by atoms with van der Waals surface area (Å²) >= 11 is 0. The Morgan fingerprint density at radius 1 is 0.544 bits per heavy atom. The molecule has 320 valence electrons. The fourth-order valence-corrected chi connectivity index (χ4v) is 5.89. The minimum atomic E-state index is -0.828. The van der Waals surface area contributed by atoms with Crippen molar-refractivity contribution in [3.63, 3.8) is 0 Å². The Labute approximate surface area is 349 Å². The molecule has 0 aromatic carbocycles. The van der Waals surface area contributed by atoms with Crippen LogP contribution in [-0.4, -0.2) is 46.9 Å². The molecule has 0 aliphatic carbocycles. The van der Waals surface area contributed by atoms with Crippen LogP contribution in [0.1, 0.15) is 162 Å². The molecule has 0 saturated carbocycles. The van der Waals surface area contributed by atoms with Gasteiger partial charge in [-0.3, -0.25) is 9.59 Å². The number of unbranched alkanes of at least 4 members (excludes halogenated alkanes) is 14. The molecule has 6 nitrogen and oxygen atoms in total. The maximum atomic E-state index is 13.1. The van der Waals surface area contributed by atoms with Gasteiger partial charge in [-0.15, -0.1) is 0 Å². The molecular formula is C51H81NO5. The lowest BCUT2D eigenvalue weighted by atomic mass is 10.0. The van der Waals surface area contributed by atoms with E-state index < -0.39 is 18.2 Å². The highest BCUT2D eigenvalue weighted by Gasteiger charge is 2.23. The van der Waals surface area contributed by atoms with Gasteiger partial charge < -0.3 is 20.3 Å². The number of hydrogen-bond acceptors (Lipinski definition) is 5. The molecular weight excluding hydrogens is 707 g/mol. The van der Waals surface area contributed by atoms with Gasteiger partial charge in [0.05, 0.1) is 25.2 Å². The number of ether oxygens (including phenoxy) is 1. The van der Waals surface area contributed by atoms with Gasteiger partial charge in [0.15, 0.2) is 0 Å². The van der Waals surface area contributed by atoms with E-state index in [1.54, 1.807) is 0 Å². The number of esters is 1. The summed E-state index contributed by atoms with van der Waals surface area (Å²) in [6.07, 6.45) is 59.9. The molecule has 3 atom stereocenters. The van der Waals surface area contributed by atoms with Crippen molar-refractivity contribution in [3.05, 3.63) is 122 Å². The lowest BCUT2D eigenvalue weighted by molar-refractivity contribution is -0.150. The van der Waals surface area contributed by atoms with E-state index in [4.69, 9.17) is 4.74 Å². The summed E-state index contributed by atoms with van der Waals surface area (Å²) in [6.45, 7) is 6.15. The molecule has 6 heteroatoms. The Hall–Kier alpha value is -3.74. The van der Waals surface area contributed by atoms with Crippen molar-refractivity contribution < 1.29 is 24.5 Å². The van der Waals surface area contributed by atoms with Crippen LogP contribution in [0.5, 0.6) is 0 Å². The first-order valence-electron chi connectivity index (χ1n) is 22.4. The van der Waals surface area contributed by atoms with Gasteiger partial charge in [-0.1, -0.05) is 226 Å². The van der Waals surface area contributed by atoms with Gasteiger partial charge in [-0.05, 0) is 38.5 Å². The molecule has 0 heterocycles. The van der Waals surface area contributed by atoms with Crippen molar-refractivity contribution >= 4 is 11.9 Å². The molecule has 57 heavy (non-hydrogen) atoms. The zero-order valence-corrected chi connectivity index (χ0v) is 36.2. The van der Waals surface area contributed by atoms with E-state index in [0.717, 1.165) is 70.6 Å². The summed E-state index contributed by atoms with van der Waals surface area (Å²) in [4.78, 5) is 25.9. The van der Waals surface area contributed by atoms with Crippen molar-refractivity contribution in [2.45, 2.75) is 180 Å². The molecule has 3 N–H and O–H groups in total. The van der Waals surface area contributed by atoms with Crippen LogP contribution in [0.25, 0.3) is 0 Å². The second kappa shape index (κ2) is 43.4. The molecule has 0 aliphatic heterocycles. The summed E-state index contributed by atoms with van der Waals surface area (Å²) in [7, 11) is 0. The van der Waals surface area contributed by atoms with Gasteiger partial charge in [0.25, 0.3) is 0 Å². The van der Waals surface area contributed by atoms with Crippen LogP contribution in [0.15, 0.2) is 122 Å². The zero-order valence-electron chi connectivity index (χ0n) is 36.2. The highest BCUT2D eigenvalue weighted by atomic mass is 16.5. The molecule has 0 bridgehead atoms. The fourth-order valence-electron chi connectivity index (χ4n) is 5.89. The molecule has 0 aromatic heterocycles. The van der Waals surface area contributed by atoms with Crippen molar-refractivity contribution in [1.82, 2.24) is 5.32 Å². The molecule has 0 rings (SSSR count). The minimum Gasteiger partial charge on any atom is -0.461 e. The molecule has 0 fully saturated rings. The highest BCUT2D eigenvalue weighted by molar-refractivity contribution is 5.77. The highest BCUT2D eigenvalue weighted by Crippen LogP contribution is 2.15. The average molecular weight is 788 g/mol. The van der Waals surface area contributed by atoms with E-state index in [9.17, 15) is 19.8 Å². The number of allylic oxidation sites excluding steroid dienone is 19. The quantitative estimate of drug-likeness (QED) is 0.0331. The van der Waals surface area contributed by atoms with E-state index >= 15 is 0 Å². The Kier molecular flexibility index (Phi) is 40.5. The SMILES string of the molecule is CC/C=C/C=C/C=C\C=C/C=C/CC(CC(=O)NC(CO)C(O)CCCCCCCCCCC)OC(=O)CCCCCCC/C=C/C=C/C=C/C=C/C=C/CCC. The van der Waals surface area contributed by atoms with Crippen molar-refractivity contribution in [3.8, 4) is 0 Å². The maximum Gasteiger partial charge on any atom is 0.306 e. The molecule has 0 aliphatic rings. The standard InChI is InChI=1S/C51H81NO5/c1-4-7-10-13-16-19-21-22-23-24-25-26-27-29-32-35-38-41-44-51(56)57-47(42-39-36-33-31-28-20-17-14-11-8-5-2)45-50(55)52-48(46-53)49(54)43-40-37-34-30-18-15-12-9-6-3/h8,10-11,13-14,16-17,19-26,28,31,33,36,39,47-49,53-54H,4-7,9,12,15,18,27,29-30,32,34-35,37-38,40-46H2,1-3H3,(H,52,55)/b11-8+,13-10+,17-14+,19-16+,22-21+,24-23+,26-25+,28-20-,33-31-,39-36+. The van der Waals surface area contributed by atoms with Gasteiger partial charge in [0.1, 0.15) is 6.10 Å². The second-order valence-corrected chi connectivity index (χ2v) is 14.6. The minimum absolute atomic E-state index is 0.0379. The summed E-state index contributed by atoms with van der Waals surface area (Å²) < 4.78 is 5.80. The summed E-state index contributed by atoms with van der Waals surface area (Å²) in [5.74, 6) is -0.655. The Bertz CT molecular complexity index is 1250. The van der Waals surface area contributed by atoms with Crippen molar-refractivity contribution in [2.24, 2.45) is 0 Å². The topological polar surface area (TPSA) is 95.9 Å². The Balaban J connectivity index is 4.79. The number of hydrogen-bond donors (Lipinski definition) is 3. The van der Waals surface area contributed by atoms with Gasteiger partial charge in [-0.2, -0.15) is 0 Å². The molecule has 0 saturated heterocycles. The van der Waals surface area contributed by atoms with Crippen molar-refractivity contribution in [2.75, 3.05) is 6.61 Å². The first kappa shape index (κ1) is 53.3. The van der Waals surface area contributed by atoms with Crippen LogP contribution >= 0.6 is 0 Å². The normalized spacial score (nSPS) is 14.5. The van der Waals surface area contributed by atoms with Crippen molar-refractivity contribution in [1.29, 1.82) is 0 Å². The van der Waals surface area contributed by atoms with Crippen LogP contribution in [0.4, 0.5) is 0 Å². The monoisotopic (exact) mass is 788 g/mol. The number of carbonyl (C=O) groups is 2. The van der Waals surface area contributed by atoms with E-state index in [2.05, 4.69) is 56.5 Å². The summed E-state index contributed by atoms with van der Waals surface area (Å²) in [5, 5.41) is 23.5. The van der Waals surface area contributed by atoms with Gasteiger partial charge in [0.2, 0.25) is 5.91 Å². The number of nitrogens with one attached hydrogen (secondary N) is 1. The van der Waals surface area contributed by atoms with Gasteiger partial charge in [0, 0.05) is 12.8 Å². The third-order valence-corrected chi connectivity index (χ3v) is 9.26. The predicted molar refractivity (Wildman–Crippen MR) is 245 cm³/mol. The zero-order chi connectivity index (χ0) is 41.7. The van der Waals surface area contributed by atoms with E-state index in [-0.39, 0.29) is 24.9 Å². The van der Waals surface area contributed by atoms with E-state index in [1.165, 1.54) is 44.9 Å². The van der Waals surface area contributed by atoms with Gasteiger partial charge >= 0.3 is 5.97 Å². The fraction of sp³-hybridized carbons (Fsp3) is 0.569. The first-order valence-corrected chi connectivity index (χ1v) is 22.4. The first-order chi connectivity index (χ1) is 28.0. The van der Waals surface area contributed by atoms with E-state index in [0.29, 0.717) is 19.3 Å². The molecule has 0 aromatic rings. The van der Waals surface area contributed by atoms with Gasteiger partial charge in [-0.25, -0.2) is 0 Å². The number of aliphatic hydroxyl groups excluding tert-OH is 2. The molecule has 0 spiro atoms. The van der Waals surface area contributed by atoms with Crippen LogP contribution in [0.2, 0.25) is 0 Å². The third kappa shape index (κ3) is 38.9. The number of amides is 1. The largest absolute Gasteiger partial charge is 0.461 e. The number of aliphatic hydroxyl groups is 2. The van der Waals surface area contributed by atoms with Crippen LogP contribution in [0.3, 0.4) is 0 Å². The molecule has 3 unspecified atom stereocenters. The average Bonchev–Trinajstić information content (AvgIpc) is 3.20. The van der Waals surface area contributed by atoms with Crippen LogP contribution in [0, 0.1) is 0 Å². The summed E-state index contributed by atoms with van der Waals surface area (Å²) in [6, 6.07) is -0.751. The summed E-state index contributed by atoms with van der Waals surface area (Å²) in [5.41, 5.74) is 0. The smallest absolute Gasteiger partial charge is 0.306 e. The maximum absolute atomic E-state index is 13.1. The lowest BCUT2D eigenvalue weighted by Crippen LogP contribution is -2.46. The predicted octanol–water partition coefficient (Wildman–Crippen LogP) is 12.9. The molecule has 0 radical (unpaired) electrons. The Morgan fingerprint density at radius 3 is 1.56 bits per heavy atom. The third-order valence-electron chi connectivity index (χ3n) is 9.26. The number of rotatable bonds is 37.